The van der Waals surface area contributed by atoms with Gasteiger partial charge in [0.1, 0.15) is 6.54 Å². The fourth-order valence-corrected chi connectivity index (χ4v) is 2.71. The maximum atomic E-state index is 12.3. The van der Waals surface area contributed by atoms with Crippen LogP contribution in [0.2, 0.25) is 0 Å². The third-order valence-electron chi connectivity index (χ3n) is 3.86. The number of nitrogens with zero attached hydrogens (tertiary/aromatic N) is 3. The van der Waals surface area contributed by atoms with Gasteiger partial charge in [-0.3, -0.25) is 9.48 Å². The molecule has 114 valence electrons. The first-order valence-electron chi connectivity index (χ1n) is 7.49. The molecule has 22 heavy (non-hydrogen) atoms. The normalized spacial score (nSPS) is 12.5. The molecule has 5 heteroatoms. The lowest BCUT2D eigenvalue weighted by Gasteiger charge is -2.16. The molecule has 0 aliphatic carbocycles. The predicted molar refractivity (Wildman–Crippen MR) is 86.3 cm³/mol. The van der Waals surface area contributed by atoms with Gasteiger partial charge in [0.25, 0.3) is 0 Å². The molecule has 0 radical (unpaired) electrons. The predicted octanol–water partition coefficient (Wildman–Crippen LogP) is 2.64. The minimum Gasteiger partial charge on any atom is -0.348 e. The molecule has 1 aromatic carbocycles. The maximum Gasteiger partial charge on any atom is 0.240 e. The highest BCUT2D eigenvalue weighted by molar-refractivity contribution is 5.83. The van der Waals surface area contributed by atoms with Crippen LogP contribution in [-0.2, 0) is 18.4 Å². The van der Waals surface area contributed by atoms with Crippen LogP contribution in [0.5, 0.6) is 0 Å². The summed E-state index contributed by atoms with van der Waals surface area (Å²) < 4.78 is 3.73. The molecular formula is C17H20N4O. The second kappa shape index (κ2) is 6.05. The molecule has 1 atom stereocenters. The van der Waals surface area contributed by atoms with Crippen molar-refractivity contribution in [1.29, 1.82) is 0 Å². The highest BCUT2D eigenvalue weighted by Gasteiger charge is 2.15. The van der Waals surface area contributed by atoms with Crippen molar-refractivity contribution in [2.45, 2.75) is 25.9 Å². The van der Waals surface area contributed by atoms with E-state index in [9.17, 15) is 4.79 Å². The van der Waals surface area contributed by atoms with Gasteiger partial charge in [-0.15, -0.1) is 0 Å². The van der Waals surface area contributed by atoms with Crippen molar-refractivity contribution >= 4 is 16.8 Å². The molecule has 1 N–H and O–H groups in total. The summed E-state index contributed by atoms with van der Waals surface area (Å²) in [6.07, 6.45) is 6.54. The average Bonchev–Trinajstić information content (AvgIpc) is 3.12. The van der Waals surface area contributed by atoms with E-state index in [1.807, 2.05) is 54.3 Å². The van der Waals surface area contributed by atoms with E-state index in [0.717, 1.165) is 22.9 Å². The number of amides is 1. The summed E-state index contributed by atoms with van der Waals surface area (Å²) in [5, 5.41) is 8.40. The molecule has 3 aromatic rings. The molecule has 0 saturated carbocycles. The molecule has 0 saturated heterocycles. The van der Waals surface area contributed by atoms with Crippen molar-refractivity contribution in [2.75, 3.05) is 0 Å². The SMILES string of the molecule is CC[C@H](NC(=O)Cn1ccc2ccccc21)c1cnn(C)c1. The van der Waals surface area contributed by atoms with Gasteiger partial charge >= 0.3 is 0 Å². The summed E-state index contributed by atoms with van der Waals surface area (Å²) in [7, 11) is 1.88. The molecular weight excluding hydrogens is 276 g/mol. The molecule has 0 spiro atoms. The Hall–Kier alpha value is -2.56. The third kappa shape index (κ3) is 2.88. The zero-order chi connectivity index (χ0) is 15.5. The molecule has 3 rings (SSSR count). The van der Waals surface area contributed by atoms with Crippen LogP contribution in [0.1, 0.15) is 24.9 Å². The van der Waals surface area contributed by atoms with Gasteiger partial charge in [-0.05, 0) is 23.9 Å². The smallest absolute Gasteiger partial charge is 0.240 e. The average molecular weight is 296 g/mol. The van der Waals surface area contributed by atoms with E-state index in [0.29, 0.717) is 6.54 Å². The monoisotopic (exact) mass is 296 g/mol. The largest absolute Gasteiger partial charge is 0.348 e. The fourth-order valence-electron chi connectivity index (χ4n) is 2.71. The van der Waals surface area contributed by atoms with Crippen molar-refractivity contribution < 1.29 is 4.79 Å². The van der Waals surface area contributed by atoms with E-state index in [2.05, 4.69) is 17.3 Å². The molecule has 2 heterocycles. The van der Waals surface area contributed by atoms with Gasteiger partial charge < -0.3 is 9.88 Å². The van der Waals surface area contributed by atoms with Crippen LogP contribution in [0.3, 0.4) is 0 Å². The number of hydrogen-bond donors (Lipinski definition) is 1. The molecule has 1 amide bonds. The second-order valence-corrected chi connectivity index (χ2v) is 5.48. The Bertz CT molecular complexity index is 787. The Labute approximate surface area is 129 Å². The van der Waals surface area contributed by atoms with Gasteiger partial charge in [0.05, 0.1) is 12.2 Å². The lowest BCUT2D eigenvalue weighted by molar-refractivity contribution is -0.122. The molecule has 2 aromatic heterocycles. The second-order valence-electron chi connectivity index (χ2n) is 5.48. The highest BCUT2D eigenvalue weighted by Crippen LogP contribution is 2.17. The zero-order valence-corrected chi connectivity index (χ0v) is 12.9. The Morgan fingerprint density at radius 3 is 2.86 bits per heavy atom. The summed E-state index contributed by atoms with van der Waals surface area (Å²) in [5.41, 5.74) is 2.11. The number of benzene rings is 1. The van der Waals surface area contributed by atoms with Crippen LogP contribution in [-0.4, -0.2) is 20.3 Å². The Morgan fingerprint density at radius 1 is 1.32 bits per heavy atom. The topological polar surface area (TPSA) is 51.9 Å². The van der Waals surface area contributed by atoms with Gasteiger partial charge in [-0.2, -0.15) is 5.10 Å². The van der Waals surface area contributed by atoms with Crippen LogP contribution >= 0.6 is 0 Å². The van der Waals surface area contributed by atoms with E-state index in [4.69, 9.17) is 0 Å². The number of rotatable bonds is 5. The quantitative estimate of drug-likeness (QED) is 0.787. The summed E-state index contributed by atoms with van der Waals surface area (Å²) in [5.74, 6) is 0.0112. The Kier molecular flexibility index (Phi) is 3.96. The first-order chi connectivity index (χ1) is 10.7. The number of aromatic nitrogens is 3. The van der Waals surface area contributed by atoms with E-state index in [1.165, 1.54) is 0 Å². The van der Waals surface area contributed by atoms with Crippen molar-refractivity contribution in [2.24, 2.45) is 7.05 Å². The first-order valence-corrected chi connectivity index (χ1v) is 7.49. The minimum absolute atomic E-state index is 0.00280. The molecule has 0 aliphatic rings. The number of hydrogen-bond acceptors (Lipinski definition) is 2. The Morgan fingerprint density at radius 2 is 2.14 bits per heavy atom. The third-order valence-corrected chi connectivity index (χ3v) is 3.86. The highest BCUT2D eigenvalue weighted by atomic mass is 16.2. The first kappa shape index (κ1) is 14.4. The zero-order valence-electron chi connectivity index (χ0n) is 12.9. The van der Waals surface area contributed by atoms with E-state index < -0.39 is 0 Å². The van der Waals surface area contributed by atoms with Crippen LogP contribution < -0.4 is 5.32 Å². The van der Waals surface area contributed by atoms with Gasteiger partial charge in [0.2, 0.25) is 5.91 Å². The van der Waals surface area contributed by atoms with Crippen LogP contribution in [0.4, 0.5) is 0 Å². The van der Waals surface area contributed by atoms with Gasteiger partial charge in [-0.25, -0.2) is 0 Å². The summed E-state index contributed by atoms with van der Waals surface area (Å²) in [6, 6.07) is 10.1. The molecule has 0 unspecified atom stereocenters. The van der Waals surface area contributed by atoms with Crippen molar-refractivity contribution in [3.63, 3.8) is 0 Å². The number of aryl methyl sites for hydroxylation is 1. The molecule has 5 nitrogen and oxygen atoms in total. The lowest BCUT2D eigenvalue weighted by atomic mass is 10.1. The summed E-state index contributed by atoms with van der Waals surface area (Å²) >= 11 is 0. The fraction of sp³-hybridized carbons (Fsp3) is 0.294. The van der Waals surface area contributed by atoms with Crippen molar-refractivity contribution in [3.05, 3.63) is 54.5 Å². The number of carbonyl (C=O) groups is 1. The van der Waals surface area contributed by atoms with Crippen molar-refractivity contribution in [3.8, 4) is 0 Å². The van der Waals surface area contributed by atoms with Crippen LogP contribution in [0, 0.1) is 0 Å². The summed E-state index contributed by atoms with van der Waals surface area (Å²) in [4.78, 5) is 12.3. The van der Waals surface area contributed by atoms with Crippen LogP contribution in [0.15, 0.2) is 48.9 Å². The number of fused-ring (bicyclic) bond motifs is 1. The van der Waals surface area contributed by atoms with Gasteiger partial charge in [0, 0.05) is 30.5 Å². The van der Waals surface area contributed by atoms with E-state index >= 15 is 0 Å². The summed E-state index contributed by atoms with van der Waals surface area (Å²) in [6.45, 7) is 2.38. The van der Waals surface area contributed by atoms with E-state index in [-0.39, 0.29) is 11.9 Å². The Balaban J connectivity index is 1.71. The lowest BCUT2D eigenvalue weighted by Crippen LogP contribution is -2.31. The maximum absolute atomic E-state index is 12.3. The standard InChI is InChI=1S/C17H20N4O/c1-3-15(14-10-18-20(2)11-14)19-17(22)12-21-9-8-13-6-4-5-7-16(13)21/h4-11,15H,3,12H2,1-2H3,(H,19,22)/t15-/m0/s1. The van der Waals surface area contributed by atoms with Gasteiger partial charge in [-0.1, -0.05) is 25.1 Å². The van der Waals surface area contributed by atoms with Gasteiger partial charge in [0.15, 0.2) is 0 Å². The molecule has 0 bridgehead atoms. The number of para-hydroxylation sites is 1. The number of carbonyl (C=O) groups excluding carboxylic acids is 1. The molecule has 0 aliphatic heterocycles. The van der Waals surface area contributed by atoms with E-state index in [1.54, 1.807) is 10.9 Å². The van der Waals surface area contributed by atoms with Crippen LogP contribution in [0.25, 0.3) is 10.9 Å². The number of nitrogens with one attached hydrogen (secondary N) is 1. The minimum atomic E-state index is 0.00280. The van der Waals surface area contributed by atoms with Crippen molar-refractivity contribution in [1.82, 2.24) is 19.7 Å². The molecule has 0 fully saturated rings.